The number of anilines is 1. The first-order valence-corrected chi connectivity index (χ1v) is 6.81. The third-order valence-corrected chi connectivity index (χ3v) is 3.73. The van der Waals surface area contributed by atoms with Gasteiger partial charge in [0, 0.05) is 17.8 Å². The van der Waals surface area contributed by atoms with Crippen molar-refractivity contribution in [2.45, 2.75) is 13.5 Å². The van der Waals surface area contributed by atoms with Gasteiger partial charge in [0.05, 0.1) is 30.7 Å². The Balaban J connectivity index is 1.86. The smallest absolute Gasteiger partial charge is 0.237 e. The molecule has 19 heavy (non-hydrogen) atoms. The Hall–Kier alpha value is -2.08. The fraction of sp³-hybridized carbons (Fsp3) is 0.231. The number of ether oxygens (including phenoxy) is 1. The van der Waals surface area contributed by atoms with Gasteiger partial charge in [-0.2, -0.15) is 0 Å². The monoisotopic (exact) mass is 274 g/mol. The molecule has 0 radical (unpaired) electrons. The maximum Gasteiger partial charge on any atom is 0.237 e. The molecule has 0 saturated heterocycles. The molecule has 0 aliphatic rings. The van der Waals surface area contributed by atoms with E-state index in [2.05, 4.69) is 19.7 Å². The van der Waals surface area contributed by atoms with Crippen molar-refractivity contribution in [1.29, 1.82) is 0 Å². The summed E-state index contributed by atoms with van der Waals surface area (Å²) in [6.07, 6.45) is 3.75. The zero-order chi connectivity index (χ0) is 13.2. The maximum absolute atomic E-state index is 5.22. The lowest BCUT2D eigenvalue weighted by atomic mass is 10.3. The van der Waals surface area contributed by atoms with E-state index in [9.17, 15) is 0 Å². The summed E-state index contributed by atoms with van der Waals surface area (Å²) in [7, 11) is 1.62. The molecule has 0 fully saturated rings. The highest BCUT2D eigenvalue weighted by Gasteiger charge is 2.10. The number of thiazole rings is 1. The quantitative estimate of drug-likeness (QED) is 0.794. The van der Waals surface area contributed by atoms with E-state index in [4.69, 9.17) is 4.74 Å². The lowest BCUT2D eigenvalue weighted by Gasteiger charge is -2.09. The van der Waals surface area contributed by atoms with Gasteiger partial charge in [-0.1, -0.05) is 0 Å². The molecule has 3 rings (SSSR count). The van der Waals surface area contributed by atoms with E-state index in [-0.39, 0.29) is 0 Å². The average molecular weight is 274 g/mol. The first kappa shape index (κ1) is 12.0. The van der Waals surface area contributed by atoms with Crippen LogP contribution in [-0.4, -0.2) is 21.5 Å². The number of pyridine rings is 1. The minimum absolute atomic E-state index is 0.603. The van der Waals surface area contributed by atoms with Crippen molar-refractivity contribution in [2.75, 3.05) is 12.4 Å². The summed E-state index contributed by atoms with van der Waals surface area (Å²) in [4.78, 5) is 9.71. The number of aryl methyl sites for hydroxylation is 1. The minimum Gasteiger partial charge on any atom is -0.480 e. The molecule has 0 saturated carbocycles. The van der Waals surface area contributed by atoms with Gasteiger partial charge in [-0.15, -0.1) is 11.3 Å². The second-order valence-electron chi connectivity index (χ2n) is 4.11. The molecule has 5 nitrogen and oxygen atoms in total. The van der Waals surface area contributed by atoms with Crippen molar-refractivity contribution in [3.8, 4) is 5.88 Å². The first-order chi connectivity index (χ1) is 9.29. The Morgan fingerprint density at radius 3 is 3.21 bits per heavy atom. The molecular weight excluding hydrogens is 260 g/mol. The summed E-state index contributed by atoms with van der Waals surface area (Å²) in [5.41, 5.74) is 3.08. The molecular formula is C13H14N4OS. The van der Waals surface area contributed by atoms with Crippen LogP contribution in [0.25, 0.3) is 4.96 Å². The number of rotatable bonds is 4. The summed E-state index contributed by atoms with van der Waals surface area (Å²) in [5.74, 6) is 0.603. The maximum atomic E-state index is 5.22. The Labute approximate surface area is 114 Å². The van der Waals surface area contributed by atoms with E-state index in [1.54, 1.807) is 24.6 Å². The van der Waals surface area contributed by atoms with E-state index in [0.717, 1.165) is 22.0 Å². The van der Waals surface area contributed by atoms with Gasteiger partial charge in [0.25, 0.3) is 0 Å². The van der Waals surface area contributed by atoms with Crippen LogP contribution in [0.2, 0.25) is 0 Å². The van der Waals surface area contributed by atoms with Gasteiger partial charge in [0.1, 0.15) is 0 Å². The molecule has 6 heteroatoms. The molecule has 0 atom stereocenters. The van der Waals surface area contributed by atoms with E-state index < -0.39 is 0 Å². The molecule has 3 aromatic rings. The Kier molecular flexibility index (Phi) is 3.08. The van der Waals surface area contributed by atoms with Crippen molar-refractivity contribution in [3.05, 3.63) is 41.3 Å². The number of fused-ring (bicyclic) bond motifs is 1. The lowest BCUT2D eigenvalue weighted by Crippen LogP contribution is -2.05. The number of hydrogen-bond acceptors (Lipinski definition) is 5. The van der Waals surface area contributed by atoms with Gasteiger partial charge in [0.15, 0.2) is 4.96 Å². The van der Waals surface area contributed by atoms with Crippen molar-refractivity contribution in [2.24, 2.45) is 0 Å². The highest BCUT2D eigenvalue weighted by atomic mass is 32.1. The Morgan fingerprint density at radius 2 is 2.37 bits per heavy atom. The largest absolute Gasteiger partial charge is 0.480 e. The molecule has 1 N–H and O–H groups in total. The van der Waals surface area contributed by atoms with Crippen molar-refractivity contribution >= 4 is 22.0 Å². The van der Waals surface area contributed by atoms with Gasteiger partial charge in [0.2, 0.25) is 5.88 Å². The molecule has 98 valence electrons. The minimum atomic E-state index is 0.603. The van der Waals surface area contributed by atoms with Crippen LogP contribution in [0.5, 0.6) is 5.88 Å². The number of aromatic nitrogens is 3. The SMILES string of the molecule is COc1ncccc1NCc1c(C)nc2sccn12. The van der Waals surface area contributed by atoms with Crippen LogP contribution in [0.3, 0.4) is 0 Å². The predicted molar refractivity (Wildman–Crippen MR) is 75.9 cm³/mol. The lowest BCUT2D eigenvalue weighted by molar-refractivity contribution is 0.399. The fourth-order valence-electron chi connectivity index (χ4n) is 2.02. The standard InChI is InChI=1S/C13H14N4OS/c1-9-11(17-6-7-19-13(17)16-9)8-15-10-4-3-5-14-12(10)18-2/h3-7,15H,8H2,1-2H3. The van der Waals surface area contributed by atoms with E-state index in [1.165, 1.54) is 0 Å². The number of methoxy groups -OCH3 is 1. The molecule has 0 aromatic carbocycles. The number of hydrogen-bond donors (Lipinski definition) is 1. The topological polar surface area (TPSA) is 51.5 Å². The Bertz CT molecular complexity index is 704. The highest BCUT2D eigenvalue weighted by molar-refractivity contribution is 7.15. The second kappa shape index (κ2) is 4.89. The van der Waals surface area contributed by atoms with Crippen LogP contribution < -0.4 is 10.1 Å². The second-order valence-corrected chi connectivity index (χ2v) is 4.99. The van der Waals surface area contributed by atoms with Crippen molar-refractivity contribution < 1.29 is 4.74 Å². The van der Waals surface area contributed by atoms with Gasteiger partial charge in [-0.3, -0.25) is 4.40 Å². The summed E-state index contributed by atoms with van der Waals surface area (Å²) in [6, 6.07) is 3.83. The molecule has 3 aromatic heterocycles. The zero-order valence-electron chi connectivity index (χ0n) is 10.8. The predicted octanol–water partition coefficient (Wildman–Crippen LogP) is 2.72. The van der Waals surface area contributed by atoms with Crippen LogP contribution >= 0.6 is 11.3 Å². The summed E-state index contributed by atoms with van der Waals surface area (Å²) >= 11 is 1.64. The van der Waals surface area contributed by atoms with Crippen LogP contribution in [0.15, 0.2) is 29.9 Å². The number of nitrogens with one attached hydrogen (secondary N) is 1. The van der Waals surface area contributed by atoms with Gasteiger partial charge in [-0.05, 0) is 19.1 Å². The Morgan fingerprint density at radius 1 is 1.47 bits per heavy atom. The van der Waals surface area contributed by atoms with Crippen LogP contribution in [0.1, 0.15) is 11.4 Å². The molecule has 0 aliphatic heterocycles. The molecule has 0 unspecified atom stereocenters. The third-order valence-electron chi connectivity index (χ3n) is 2.97. The van der Waals surface area contributed by atoms with E-state index >= 15 is 0 Å². The molecule has 3 heterocycles. The first-order valence-electron chi connectivity index (χ1n) is 5.93. The van der Waals surface area contributed by atoms with E-state index in [0.29, 0.717) is 12.4 Å². The third kappa shape index (κ3) is 2.15. The highest BCUT2D eigenvalue weighted by Crippen LogP contribution is 2.22. The van der Waals surface area contributed by atoms with Crippen LogP contribution in [0.4, 0.5) is 5.69 Å². The van der Waals surface area contributed by atoms with Gasteiger partial charge in [-0.25, -0.2) is 9.97 Å². The normalized spacial score (nSPS) is 10.8. The molecule has 0 spiro atoms. The zero-order valence-corrected chi connectivity index (χ0v) is 11.6. The summed E-state index contributed by atoms with van der Waals surface area (Å²) in [6.45, 7) is 2.71. The number of nitrogens with zero attached hydrogens (tertiary/aromatic N) is 3. The van der Waals surface area contributed by atoms with Crippen LogP contribution in [0, 0.1) is 6.92 Å². The molecule has 0 aliphatic carbocycles. The summed E-state index contributed by atoms with van der Waals surface area (Å²) in [5, 5.41) is 5.38. The summed E-state index contributed by atoms with van der Waals surface area (Å²) < 4.78 is 7.33. The van der Waals surface area contributed by atoms with Gasteiger partial charge >= 0.3 is 0 Å². The fourth-order valence-corrected chi connectivity index (χ4v) is 2.80. The molecule has 0 amide bonds. The average Bonchev–Trinajstić information content (AvgIpc) is 2.98. The van der Waals surface area contributed by atoms with Gasteiger partial charge < -0.3 is 10.1 Å². The number of imidazole rings is 1. The van der Waals surface area contributed by atoms with Crippen molar-refractivity contribution in [3.63, 3.8) is 0 Å². The molecule has 0 bridgehead atoms. The van der Waals surface area contributed by atoms with E-state index in [1.807, 2.05) is 30.6 Å². The van der Waals surface area contributed by atoms with Crippen LogP contribution in [-0.2, 0) is 6.54 Å². The van der Waals surface area contributed by atoms with Crippen molar-refractivity contribution in [1.82, 2.24) is 14.4 Å².